The van der Waals surface area contributed by atoms with E-state index in [1.807, 2.05) is 49.7 Å². The Labute approximate surface area is 207 Å². The van der Waals surface area contributed by atoms with Gasteiger partial charge < -0.3 is 14.0 Å². The summed E-state index contributed by atoms with van der Waals surface area (Å²) in [5.41, 5.74) is 3.01. The van der Waals surface area contributed by atoms with Crippen LogP contribution >= 0.6 is 11.6 Å². The monoisotopic (exact) mass is 496 g/mol. The standard InChI is InChI=1S/C26H26ClFN4O3/c1-26(2,3)35-25(33)32-15-17(13-29-32)14-30-8-9-34-24-19(16-30)11-21(12-22(24)27)31-7-6-18-10-20(28)4-5-23(18)31/h4-7,10-13,15H,8-9,14,16H2,1-3H3. The molecule has 4 aromatic rings. The summed E-state index contributed by atoms with van der Waals surface area (Å²) < 4.78 is 28.2. The highest BCUT2D eigenvalue weighted by molar-refractivity contribution is 6.32. The third kappa shape index (κ3) is 5.04. The molecule has 0 amide bonds. The molecule has 7 nitrogen and oxygen atoms in total. The SMILES string of the molecule is CC(C)(C)OC(=O)n1cc(CN2CCOc3c(Cl)cc(-n4ccc5cc(F)ccc54)cc3C2)cn1. The molecule has 0 N–H and O–H groups in total. The molecule has 9 heteroatoms. The Morgan fingerprint density at radius 1 is 1.23 bits per heavy atom. The maximum Gasteiger partial charge on any atom is 0.435 e. The Kier molecular flexibility index (Phi) is 6.02. The summed E-state index contributed by atoms with van der Waals surface area (Å²) in [7, 11) is 0. The zero-order valence-corrected chi connectivity index (χ0v) is 20.6. The molecule has 1 aliphatic heterocycles. The van der Waals surface area contributed by atoms with Gasteiger partial charge in [0.05, 0.1) is 16.7 Å². The minimum absolute atomic E-state index is 0.269. The zero-order valence-electron chi connectivity index (χ0n) is 19.8. The van der Waals surface area contributed by atoms with Crippen LogP contribution in [0, 0.1) is 5.82 Å². The Morgan fingerprint density at radius 3 is 2.86 bits per heavy atom. The van der Waals surface area contributed by atoms with Crippen molar-refractivity contribution in [3.63, 3.8) is 0 Å². The highest BCUT2D eigenvalue weighted by Gasteiger charge is 2.22. The van der Waals surface area contributed by atoms with Crippen molar-refractivity contribution in [1.29, 1.82) is 0 Å². The molecule has 0 aliphatic carbocycles. The number of hydrogen-bond donors (Lipinski definition) is 0. The molecule has 0 atom stereocenters. The molecule has 2 aromatic heterocycles. The van der Waals surface area contributed by atoms with E-state index in [0.29, 0.717) is 37.0 Å². The first kappa shape index (κ1) is 23.4. The van der Waals surface area contributed by atoms with Crippen LogP contribution in [-0.4, -0.2) is 44.1 Å². The highest BCUT2D eigenvalue weighted by atomic mass is 35.5. The second-order valence-corrected chi connectivity index (χ2v) is 10.0. The number of aromatic nitrogens is 3. The van der Waals surface area contributed by atoms with Crippen molar-refractivity contribution in [3.8, 4) is 11.4 Å². The van der Waals surface area contributed by atoms with Gasteiger partial charge in [-0.05, 0) is 57.2 Å². The first-order chi connectivity index (χ1) is 16.7. The van der Waals surface area contributed by atoms with E-state index in [1.54, 1.807) is 18.5 Å². The molecule has 0 radical (unpaired) electrons. The smallest absolute Gasteiger partial charge is 0.435 e. The van der Waals surface area contributed by atoms with Gasteiger partial charge in [0.15, 0.2) is 0 Å². The number of carbonyl (C=O) groups is 1. The highest BCUT2D eigenvalue weighted by Crippen LogP contribution is 2.35. The van der Waals surface area contributed by atoms with Crippen LogP contribution in [0.2, 0.25) is 5.02 Å². The van der Waals surface area contributed by atoms with Crippen molar-refractivity contribution in [2.24, 2.45) is 0 Å². The fourth-order valence-corrected chi connectivity index (χ4v) is 4.52. The summed E-state index contributed by atoms with van der Waals surface area (Å²) in [6.07, 6.45) is 4.76. The molecule has 0 saturated carbocycles. The van der Waals surface area contributed by atoms with Crippen molar-refractivity contribution in [1.82, 2.24) is 19.2 Å². The Morgan fingerprint density at radius 2 is 2.06 bits per heavy atom. The largest absolute Gasteiger partial charge is 0.490 e. The number of hydrogen-bond acceptors (Lipinski definition) is 5. The number of carbonyl (C=O) groups excluding carboxylic acids is 1. The number of fused-ring (bicyclic) bond motifs is 2. The molecule has 2 aromatic carbocycles. The van der Waals surface area contributed by atoms with Crippen LogP contribution in [0.4, 0.5) is 9.18 Å². The minimum Gasteiger partial charge on any atom is -0.490 e. The number of ether oxygens (including phenoxy) is 2. The van der Waals surface area contributed by atoms with Gasteiger partial charge in [-0.3, -0.25) is 4.90 Å². The van der Waals surface area contributed by atoms with Crippen molar-refractivity contribution in [2.45, 2.75) is 39.5 Å². The Balaban J connectivity index is 1.39. The molecule has 0 unspecified atom stereocenters. The topological polar surface area (TPSA) is 61.5 Å². The number of rotatable bonds is 3. The molecule has 182 valence electrons. The summed E-state index contributed by atoms with van der Waals surface area (Å²) in [4.78, 5) is 14.5. The predicted molar refractivity (Wildman–Crippen MR) is 132 cm³/mol. The average molecular weight is 497 g/mol. The molecule has 0 fully saturated rings. The summed E-state index contributed by atoms with van der Waals surface area (Å²) >= 11 is 6.63. The van der Waals surface area contributed by atoms with Crippen LogP contribution in [-0.2, 0) is 17.8 Å². The first-order valence-corrected chi connectivity index (χ1v) is 11.8. The van der Waals surface area contributed by atoms with E-state index in [9.17, 15) is 9.18 Å². The van der Waals surface area contributed by atoms with Crippen molar-refractivity contribution in [3.05, 3.63) is 77.0 Å². The average Bonchev–Trinajstić information content (AvgIpc) is 3.35. The van der Waals surface area contributed by atoms with Crippen LogP contribution in [0.15, 0.2) is 55.0 Å². The summed E-state index contributed by atoms with van der Waals surface area (Å²) in [6.45, 7) is 7.81. The number of benzene rings is 2. The fourth-order valence-electron chi connectivity index (χ4n) is 4.23. The van der Waals surface area contributed by atoms with E-state index in [-0.39, 0.29) is 5.82 Å². The molecule has 1 aliphatic rings. The van der Waals surface area contributed by atoms with Gasteiger partial charge in [-0.1, -0.05) is 11.6 Å². The van der Waals surface area contributed by atoms with Gasteiger partial charge >= 0.3 is 6.09 Å². The van der Waals surface area contributed by atoms with Crippen LogP contribution < -0.4 is 4.74 Å². The maximum atomic E-state index is 13.6. The lowest BCUT2D eigenvalue weighted by molar-refractivity contribution is 0.0514. The lowest BCUT2D eigenvalue weighted by Crippen LogP contribution is -2.27. The van der Waals surface area contributed by atoms with Gasteiger partial charge in [0.25, 0.3) is 0 Å². The zero-order chi connectivity index (χ0) is 24.7. The van der Waals surface area contributed by atoms with E-state index in [4.69, 9.17) is 21.1 Å². The quantitative estimate of drug-likeness (QED) is 0.359. The van der Waals surface area contributed by atoms with Gasteiger partial charge in [-0.25, -0.2) is 9.18 Å². The second-order valence-electron chi connectivity index (χ2n) is 9.64. The van der Waals surface area contributed by atoms with Crippen LogP contribution in [0.5, 0.6) is 5.75 Å². The second kappa shape index (κ2) is 9.02. The predicted octanol–water partition coefficient (Wildman–Crippen LogP) is 5.80. The van der Waals surface area contributed by atoms with E-state index in [0.717, 1.165) is 27.7 Å². The Hall–Kier alpha value is -3.36. The summed E-state index contributed by atoms with van der Waals surface area (Å²) in [5, 5.41) is 5.51. The normalized spacial score (nSPS) is 14.4. The van der Waals surface area contributed by atoms with Crippen molar-refractivity contribution in [2.75, 3.05) is 13.2 Å². The minimum atomic E-state index is -0.592. The maximum absolute atomic E-state index is 13.6. The van der Waals surface area contributed by atoms with Crippen LogP contribution in [0.25, 0.3) is 16.6 Å². The Bertz CT molecular complexity index is 1410. The molecule has 0 spiro atoms. The fraction of sp³-hybridized carbons (Fsp3) is 0.308. The third-order valence-corrected chi connectivity index (χ3v) is 5.99. The van der Waals surface area contributed by atoms with Crippen LogP contribution in [0.3, 0.4) is 0 Å². The molecular weight excluding hydrogens is 471 g/mol. The van der Waals surface area contributed by atoms with Gasteiger partial charge in [0.1, 0.15) is 23.8 Å². The van der Waals surface area contributed by atoms with Gasteiger partial charge in [-0.2, -0.15) is 9.78 Å². The molecule has 5 rings (SSSR count). The van der Waals surface area contributed by atoms with Crippen LogP contribution in [0.1, 0.15) is 31.9 Å². The molecule has 35 heavy (non-hydrogen) atoms. The lowest BCUT2D eigenvalue weighted by Gasteiger charge is -2.19. The van der Waals surface area contributed by atoms with E-state index >= 15 is 0 Å². The molecule has 0 bridgehead atoms. The van der Waals surface area contributed by atoms with E-state index < -0.39 is 11.7 Å². The lowest BCUT2D eigenvalue weighted by atomic mass is 10.1. The molecule has 0 saturated heterocycles. The number of nitrogens with zero attached hydrogens (tertiary/aromatic N) is 4. The van der Waals surface area contributed by atoms with Gasteiger partial charge in [0, 0.05) is 54.2 Å². The molecule has 3 heterocycles. The van der Waals surface area contributed by atoms with Gasteiger partial charge in [-0.15, -0.1) is 0 Å². The summed E-state index contributed by atoms with van der Waals surface area (Å²) in [5.74, 6) is 0.402. The van der Waals surface area contributed by atoms with E-state index in [2.05, 4.69) is 10.00 Å². The summed E-state index contributed by atoms with van der Waals surface area (Å²) in [6, 6.07) is 10.5. The van der Waals surface area contributed by atoms with Crippen molar-refractivity contribution < 1.29 is 18.7 Å². The van der Waals surface area contributed by atoms with Crippen molar-refractivity contribution >= 4 is 28.6 Å². The molecular formula is C26H26ClFN4O3. The first-order valence-electron chi connectivity index (χ1n) is 11.4. The number of halogens is 2. The third-order valence-electron chi connectivity index (χ3n) is 5.71. The van der Waals surface area contributed by atoms with E-state index in [1.165, 1.54) is 16.8 Å². The van der Waals surface area contributed by atoms with Gasteiger partial charge in [0.2, 0.25) is 0 Å².